The lowest BCUT2D eigenvalue weighted by atomic mass is 9.98. The lowest BCUT2D eigenvalue weighted by molar-refractivity contribution is 0.0697. The van der Waals surface area contributed by atoms with Crippen molar-refractivity contribution in [3.63, 3.8) is 0 Å². The molecule has 1 aliphatic heterocycles. The van der Waals surface area contributed by atoms with Crippen molar-refractivity contribution >= 4 is 16.9 Å². The van der Waals surface area contributed by atoms with Gasteiger partial charge in [0.15, 0.2) is 0 Å². The number of imidazole rings is 1. The van der Waals surface area contributed by atoms with Gasteiger partial charge in [0.1, 0.15) is 5.82 Å². The fraction of sp³-hybridized carbons (Fsp3) is 0.556. The van der Waals surface area contributed by atoms with Gasteiger partial charge in [-0.05, 0) is 49.8 Å². The van der Waals surface area contributed by atoms with Crippen molar-refractivity contribution in [1.82, 2.24) is 14.5 Å². The fourth-order valence-electron chi connectivity index (χ4n) is 3.45. The first-order valence-corrected chi connectivity index (χ1v) is 8.39. The molecule has 0 bridgehead atoms. The van der Waals surface area contributed by atoms with Gasteiger partial charge in [-0.2, -0.15) is 0 Å². The van der Waals surface area contributed by atoms with E-state index in [0.717, 1.165) is 48.4 Å². The Kier molecular flexibility index (Phi) is 3.21. The Labute approximate surface area is 131 Å². The summed E-state index contributed by atoms with van der Waals surface area (Å²) in [6, 6.07) is 5.98. The molecule has 1 saturated carbocycles. The molecular weight excluding hydrogens is 274 g/mol. The summed E-state index contributed by atoms with van der Waals surface area (Å²) in [5.74, 6) is 2.70. The van der Waals surface area contributed by atoms with Crippen LogP contribution in [0.3, 0.4) is 0 Å². The number of nitrogens with zero attached hydrogens (tertiary/aromatic N) is 3. The monoisotopic (exact) mass is 297 g/mol. The number of hydrogen-bond acceptors (Lipinski definition) is 2. The summed E-state index contributed by atoms with van der Waals surface area (Å²) in [5.41, 5.74) is 2.87. The van der Waals surface area contributed by atoms with Crippen LogP contribution in [0.15, 0.2) is 18.2 Å². The highest BCUT2D eigenvalue weighted by atomic mass is 16.2. The van der Waals surface area contributed by atoms with Crippen LogP contribution >= 0.6 is 0 Å². The van der Waals surface area contributed by atoms with Gasteiger partial charge >= 0.3 is 0 Å². The molecule has 2 aromatic rings. The second-order valence-electron chi connectivity index (χ2n) is 6.98. The summed E-state index contributed by atoms with van der Waals surface area (Å²) >= 11 is 0. The Hall–Kier alpha value is -1.84. The third-order valence-electron chi connectivity index (χ3n) is 5.18. The van der Waals surface area contributed by atoms with Crippen LogP contribution in [0.2, 0.25) is 0 Å². The normalized spacial score (nSPS) is 19.8. The Morgan fingerprint density at radius 1 is 1.18 bits per heavy atom. The zero-order valence-electron chi connectivity index (χ0n) is 13.4. The molecule has 4 rings (SSSR count). The maximum atomic E-state index is 12.7. The van der Waals surface area contributed by atoms with Gasteiger partial charge in [0.05, 0.1) is 11.0 Å². The molecule has 2 heterocycles. The molecule has 0 spiro atoms. The molecule has 0 N–H and O–H groups in total. The largest absolute Gasteiger partial charge is 0.339 e. The first-order chi connectivity index (χ1) is 10.6. The molecule has 22 heavy (non-hydrogen) atoms. The number of rotatable bonds is 2. The molecule has 1 aromatic heterocycles. The summed E-state index contributed by atoms with van der Waals surface area (Å²) in [7, 11) is 2.08. The first kappa shape index (κ1) is 13.8. The van der Waals surface area contributed by atoms with E-state index in [2.05, 4.69) is 18.5 Å². The van der Waals surface area contributed by atoms with Gasteiger partial charge in [0.2, 0.25) is 0 Å². The quantitative estimate of drug-likeness (QED) is 0.853. The maximum absolute atomic E-state index is 12.7. The van der Waals surface area contributed by atoms with Crippen molar-refractivity contribution in [1.29, 1.82) is 0 Å². The average Bonchev–Trinajstić information content (AvgIpc) is 3.32. The molecular formula is C18H23N3O. The second kappa shape index (κ2) is 5.11. The van der Waals surface area contributed by atoms with Crippen LogP contribution in [0.25, 0.3) is 11.0 Å². The molecule has 0 unspecified atom stereocenters. The lowest BCUT2D eigenvalue weighted by Gasteiger charge is -2.30. The van der Waals surface area contributed by atoms with E-state index in [1.54, 1.807) is 0 Å². The fourth-order valence-corrected chi connectivity index (χ4v) is 3.45. The van der Waals surface area contributed by atoms with Gasteiger partial charge < -0.3 is 9.47 Å². The smallest absolute Gasteiger partial charge is 0.253 e. The van der Waals surface area contributed by atoms with Crippen molar-refractivity contribution in [2.24, 2.45) is 13.0 Å². The zero-order valence-corrected chi connectivity index (χ0v) is 13.4. The van der Waals surface area contributed by atoms with E-state index in [9.17, 15) is 4.79 Å². The number of benzene rings is 1. The number of carbonyl (C=O) groups is 1. The van der Waals surface area contributed by atoms with Crippen LogP contribution < -0.4 is 0 Å². The zero-order chi connectivity index (χ0) is 15.3. The molecule has 4 nitrogen and oxygen atoms in total. The number of aryl methyl sites for hydroxylation is 1. The summed E-state index contributed by atoms with van der Waals surface area (Å²) in [4.78, 5) is 19.4. The van der Waals surface area contributed by atoms with Gasteiger partial charge in [0.25, 0.3) is 5.91 Å². The molecule has 1 aromatic carbocycles. The van der Waals surface area contributed by atoms with Crippen molar-refractivity contribution in [2.75, 3.05) is 13.1 Å². The van der Waals surface area contributed by atoms with E-state index < -0.39 is 0 Å². The number of fused-ring (bicyclic) bond motifs is 1. The van der Waals surface area contributed by atoms with Gasteiger partial charge in [0, 0.05) is 31.6 Å². The Bertz CT molecular complexity index is 721. The lowest BCUT2D eigenvalue weighted by Crippen LogP contribution is -2.37. The van der Waals surface area contributed by atoms with E-state index in [-0.39, 0.29) is 5.91 Å². The minimum atomic E-state index is 0.160. The average molecular weight is 297 g/mol. The van der Waals surface area contributed by atoms with Crippen molar-refractivity contribution in [3.05, 3.63) is 29.6 Å². The van der Waals surface area contributed by atoms with Crippen molar-refractivity contribution in [2.45, 2.75) is 38.5 Å². The van der Waals surface area contributed by atoms with Gasteiger partial charge in [-0.1, -0.05) is 6.92 Å². The van der Waals surface area contributed by atoms with Crippen LogP contribution in [0, 0.1) is 5.92 Å². The van der Waals surface area contributed by atoms with Crippen molar-refractivity contribution in [3.8, 4) is 0 Å². The minimum Gasteiger partial charge on any atom is -0.339 e. The van der Waals surface area contributed by atoms with Crippen molar-refractivity contribution < 1.29 is 4.79 Å². The molecule has 4 heteroatoms. The minimum absolute atomic E-state index is 0.160. The number of hydrogen-bond donors (Lipinski definition) is 0. The third-order valence-corrected chi connectivity index (χ3v) is 5.18. The van der Waals surface area contributed by atoms with Crippen LogP contribution in [0.1, 0.15) is 54.7 Å². The molecule has 2 aliphatic rings. The summed E-state index contributed by atoms with van der Waals surface area (Å²) < 4.78 is 2.18. The predicted octanol–water partition coefficient (Wildman–Crippen LogP) is 3.32. The highest BCUT2D eigenvalue weighted by molar-refractivity contribution is 5.97. The van der Waals surface area contributed by atoms with E-state index in [4.69, 9.17) is 4.98 Å². The Morgan fingerprint density at radius 3 is 2.59 bits per heavy atom. The Balaban J connectivity index is 1.63. The van der Waals surface area contributed by atoms with E-state index >= 15 is 0 Å². The predicted molar refractivity (Wildman–Crippen MR) is 87.0 cm³/mol. The molecule has 0 radical (unpaired) electrons. The summed E-state index contributed by atoms with van der Waals surface area (Å²) in [5, 5.41) is 0. The number of carbonyl (C=O) groups excluding carboxylic acids is 1. The third kappa shape index (κ3) is 2.31. The molecule has 0 atom stereocenters. The highest BCUT2D eigenvalue weighted by Crippen LogP contribution is 2.40. The number of aromatic nitrogens is 2. The molecule has 1 aliphatic carbocycles. The second-order valence-corrected chi connectivity index (χ2v) is 6.98. The van der Waals surface area contributed by atoms with Crippen LogP contribution in [0.4, 0.5) is 0 Å². The molecule has 116 valence electrons. The maximum Gasteiger partial charge on any atom is 0.253 e. The van der Waals surface area contributed by atoms with E-state index in [1.165, 1.54) is 18.7 Å². The van der Waals surface area contributed by atoms with Gasteiger partial charge in [-0.25, -0.2) is 4.98 Å². The van der Waals surface area contributed by atoms with Gasteiger partial charge in [-0.15, -0.1) is 0 Å². The SMILES string of the molecule is CC1CCN(C(=O)c2ccc3c(c2)nc(C2CC2)n3C)CC1. The van der Waals surface area contributed by atoms with Crippen LogP contribution in [-0.4, -0.2) is 33.4 Å². The number of amides is 1. The van der Waals surface area contributed by atoms with E-state index in [1.807, 2.05) is 23.1 Å². The van der Waals surface area contributed by atoms with Crippen LogP contribution in [-0.2, 0) is 7.05 Å². The highest BCUT2D eigenvalue weighted by Gasteiger charge is 2.29. The molecule has 2 fully saturated rings. The number of likely N-dealkylation sites (tertiary alicyclic amines) is 1. The van der Waals surface area contributed by atoms with Crippen LogP contribution in [0.5, 0.6) is 0 Å². The summed E-state index contributed by atoms with van der Waals surface area (Å²) in [6.07, 6.45) is 4.72. The number of piperidine rings is 1. The van der Waals surface area contributed by atoms with E-state index in [0.29, 0.717) is 5.92 Å². The van der Waals surface area contributed by atoms with Gasteiger partial charge in [-0.3, -0.25) is 4.79 Å². The standard InChI is InChI=1S/C18H23N3O/c1-12-7-9-21(10-8-12)18(22)14-5-6-16-15(11-14)19-17(20(16)2)13-3-4-13/h5-6,11-13H,3-4,7-10H2,1-2H3. The molecule has 1 amide bonds. The Morgan fingerprint density at radius 2 is 1.91 bits per heavy atom. The molecule has 1 saturated heterocycles. The topological polar surface area (TPSA) is 38.1 Å². The first-order valence-electron chi connectivity index (χ1n) is 8.39. The summed E-state index contributed by atoms with van der Waals surface area (Å²) in [6.45, 7) is 4.03.